The van der Waals surface area contributed by atoms with Crippen molar-refractivity contribution in [1.29, 1.82) is 0 Å². The monoisotopic (exact) mass is 416 g/mol. The number of thiazole rings is 1. The molecule has 9 heteroatoms. The summed E-state index contributed by atoms with van der Waals surface area (Å²) in [5.41, 5.74) is 2.81. The fourth-order valence-corrected chi connectivity index (χ4v) is 3.43. The number of oxazole rings is 1. The topological polar surface area (TPSA) is 97.1 Å². The average molecular weight is 416 g/mol. The minimum atomic E-state index is -0.518. The fraction of sp³-hybridized carbons (Fsp3) is 0.300. The Morgan fingerprint density at radius 3 is 2.41 bits per heavy atom. The number of rotatable bonds is 6. The van der Waals surface area contributed by atoms with Crippen LogP contribution in [0.4, 0.5) is 10.1 Å². The van der Waals surface area contributed by atoms with E-state index in [0.29, 0.717) is 22.0 Å². The molecule has 0 saturated carbocycles. The first-order chi connectivity index (χ1) is 13.8. The summed E-state index contributed by atoms with van der Waals surface area (Å²) in [7, 11) is 0. The zero-order valence-electron chi connectivity index (χ0n) is 16.4. The first-order valence-electron chi connectivity index (χ1n) is 9.01. The third-order valence-electron chi connectivity index (χ3n) is 4.30. The van der Waals surface area contributed by atoms with Crippen LogP contribution in [0.2, 0.25) is 0 Å². The van der Waals surface area contributed by atoms with E-state index in [1.807, 2.05) is 13.8 Å². The molecular formula is C20H21FN4O3S. The number of nitrogens with one attached hydrogen (secondary N) is 2. The van der Waals surface area contributed by atoms with Crippen molar-refractivity contribution < 1.29 is 18.4 Å². The van der Waals surface area contributed by atoms with Crippen LogP contribution in [0.1, 0.15) is 57.4 Å². The van der Waals surface area contributed by atoms with Crippen LogP contribution in [0.15, 0.2) is 34.2 Å². The maximum atomic E-state index is 13.0. The predicted molar refractivity (Wildman–Crippen MR) is 107 cm³/mol. The minimum absolute atomic E-state index is 0.0294. The molecule has 1 aromatic carbocycles. The molecular weight excluding hydrogens is 395 g/mol. The lowest BCUT2D eigenvalue weighted by atomic mass is 10.0. The maximum absolute atomic E-state index is 13.0. The molecule has 3 rings (SSSR count). The van der Waals surface area contributed by atoms with E-state index in [-0.39, 0.29) is 23.4 Å². The second-order valence-electron chi connectivity index (χ2n) is 6.88. The van der Waals surface area contributed by atoms with Crippen LogP contribution >= 0.6 is 11.3 Å². The molecule has 0 aliphatic heterocycles. The number of halogens is 1. The molecule has 0 saturated heterocycles. The Bertz CT molecular complexity index is 1030. The lowest BCUT2D eigenvalue weighted by molar-refractivity contribution is 0.0919. The van der Waals surface area contributed by atoms with E-state index < -0.39 is 17.8 Å². The number of amides is 2. The number of benzene rings is 1. The standard InChI is InChI=1S/C20H21FN4O3S/c1-10(2)15(24-19(27)17-11(3)22-9-29-17)20-25-16(12(4)28-20)18(26)23-14-7-5-13(21)6-8-14/h5-10,15H,1-4H3,(H,23,26)(H,24,27)/t15-/m0/s1. The summed E-state index contributed by atoms with van der Waals surface area (Å²) < 4.78 is 18.7. The van der Waals surface area contributed by atoms with Gasteiger partial charge in [0.25, 0.3) is 11.8 Å². The van der Waals surface area contributed by atoms with Crippen molar-refractivity contribution in [2.75, 3.05) is 5.32 Å². The van der Waals surface area contributed by atoms with Gasteiger partial charge in [0.05, 0.1) is 11.2 Å². The van der Waals surface area contributed by atoms with E-state index in [0.717, 1.165) is 0 Å². The Kier molecular flexibility index (Phi) is 6.07. The number of anilines is 1. The summed E-state index contributed by atoms with van der Waals surface area (Å²) in [6.45, 7) is 7.23. The molecule has 2 N–H and O–H groups in total. The van der Waals surface area contributed by atoms with Crippen molar-refractivity contribution in [3.8, 4) is 0 Å². The quantitative estimate of drug-likeness (QED) is 0.626. The normalized spacial score (nSPS) is 12.1. The van der Waals surface area contributed by atoms with Gasteiger partial charge in [0, 0.05) is 5.69 Å². The summed E-state index contributed by atoms with van der Waals surface area (Å²) in [4.78, 5) is 34.1. The molecule has 0 bridgehead atoms. The van der Waals surface area contributed by atoms with Gasteiger partial charge in [-0.15, -0.1) is 11.3 Å². The molecule has 7 nitrogen and oxygen atoms in total. The van der Waals surface area contributed by atoms with Crippen LogP contribution in [0.5, 0.6) is 0 Å². The molecule has 0 aliphatic carbocycles. The number of carbonyl (C=O) groups excluding carboxylic acids is 2. The fourth-order valence-electron chi connectivity index (χ4n) is 2.72. The van der Waals surface area contributed by atoms with Gasteiger partial charge < -0.3 is 15.1 Å². The first-order valence-corrected chi connectivity index (χ1v) is 9.89. The minimum Gasteiger partial charge on any atom is -0.443 e. The Morgan fingerprint density at radius 1 is 1.14 bits per heavy atom. The van der Waals surface area contributed by atoms with Gasteiger partial charge in [-0.3, -0.25) is 9.59 Å². The zero-order chi connectivity index (χ0) is 21.1. The third kappa shape index (κ3) is 4.68. The van der Waals surface area contributed by atoms with Crippen molar-refractivity contribution in [2.45, 2.75) is 33.7 Å². The van der Waals surface area contributed by atoms with Crippen LogP contribution in [0.25, 0.3) is 0 Å². The zero-order valence-corrected chi connectivity index (χ0v) is 17.3. The van der Waals surface area contributed by atoms with Crippen LogP contribution < -0.4 is 10.6 Å². The van der Waals surface area contributed by atoms with E-state index in [4.69, 9.17) is 4.42 Å². The Balaban J connectivity index is 1.80. The number of hydrogen-bond donors (Lipinski definition) is 2. The third-order valence-corrected chi connectivity index (χ3v) is 5.23. The van der Waals surface area contributed by atoms with Gasteiger partial charge in [-0.1, -0.05) is 13.8 Å². The highest BCUT2D eigenvalue weighted by atomic mass is 32.1. The second-order valence-corrected chi connectivity index (χ2v) is 7.73. The molecule has 0 radical (unpaired) electrons. The summed E-state index contributed by atoms with van der Waals surface area (Å²) in [5.74, 6) is -0.591. The molecule has 0 spiro atoms. The van der Waals surface area contributed by atoms with Gasteiger partial charge in [-0.25, -0.2) is 14.4 Å². The maximum Gasteiger partial charge on any atom is 0.277 e. The molecule has 3 aromatic rings. The van der Waals surface area contributed by atoms with Gasteiger partial charge in [0.15, 0.2) is 5.69 Å². The number of aryl methyl sites for hydroxylation is 2. The van der Waals surface area contributed by atoms with Crippen molar-refractivity contribution >= 4 is 28.8 Å². The molecule has 0 fully saturated rings. The molecule has 29 heavy (non-hydrogen) atoms. The van der Waals surface area contributed by atoms with Crippen molar-refractivity contribution in [3.63, 3.8) is 0 Å². The summed E-state index contributed by atoms with van der Waals surface area (Å²) in [6.07, 6.45) is 0. The van der Waals surface area contributed by atoms with Gasteiger partial charge in [0.1, 0.15) is 22.5 Å². The Labute approximate surface area is 171 Å². The van der Waals surface area contributed by atoms with Gasteiger partial charge in [-0.2, -0.15) is 0 Å². The van der Waals surface area contributed by atoms with E-state index in [1.165, 1.54) is 35.6 Å². The molecule has 2 amide bonds. The lowest BCUT2D eigenvalue weighted by Gasteiger charge is -2.18. The molecule has 2 aromatic heterocycles. The smallest absolute Gasteiger partial charge is 0.277 e. The van der Waals surface area contributed by atoms with Crippen LogP contribution in [0.3, 0.4) is 0 Å². The van der Waals surface area contributed by atoms with Gasteiger partial charge in [-0.05, 0) is 44.0 Å². The largest absolute Gasteiger partial charge is 0.443 e. The summed E-state index contributed by atoms with van der Waals surface area (Å²) in [6, 6.07) is 4.90. The molecule has 152 valence electrons. The van der Waals surface area contributed by atoms with E-state index in [1.54, 1.807) is 19.4 Å². The van der Waals surface area contributed by atoms with Crippen LogP contribution in [-0.4, -0.2) is 21.8 Å². The van der Waals surface area contributed by atoms with Crippen LogP contribution in [0, 0.1) is 25.6 Å². The predicted octanol–water partition coefficient (Wildman–Crippen LogP) is 4.27. The van der Waals surface area contributed by atoms with Crippen molar-refractivity contribution in [2.24, 2.45) is 5.92 Å². The van der Waals surface area contributed by atoms with E-state index in [2.05, 4.69) is 20.6 Å². The Morgan fingerprint density at radius 2 is 1.83 bits per heavy atom. The molecule has 1 atom stereocenters. The molecule has 0 unspecified atom stereocenters. The van der Waals surface area contributed by atoms with Crippen molar-refractivity contribution in [1.82, 2.24) is 15.3 Å². The highest BCUT2D eigenvalue weighted by molar-refractivity contribution is 7.11. The number of carbonyl (C=O) groups is 2. The van der Waals surface area contributed by atoms with Crippen molar-refractivity contribution in [3.05, 3.63) is 63.5 Å². The van der Waals surface area contributed by atoms with Gasteiger partial charge in [0.2, 0.25) is 5.89 Å². The SMILES string of the molecule is Cc1ncsc1C(=O)N[C@H](c1nc(C(=O)Nc2ccc(F)cc2)c(C)o1)C(C)C. The highest BCUT2D eigenvalue weighted by Crippen LogP contribution is 2.25. The number of nitrogens with zero attached hydrogens (tertiary/aromatic N) is 2. The molecule has 2 heterocycles. The molecule has 0 aliphatic rings. The van der Waals surface area contributed by atoms with Crippen LogP contribution in [-0.2, 0) is 0 Å². The van der Waals surface area contributed by atoms with E-state index in [9.17, 15) is 14.0 Å². The highest BCUT2D eigenvalue weighted by Gasteiger charge is 2.28. The lowest BCUT2D eigenvalue weighted by Crippen LogP contribution is -2.32. The summed E-state index contributed by atoms with van der Waals surface area (Å²) >= 11 is 1.26. The Hall–Kier alpha value is -3.07. The summed E-state index contributed by atoms with van der Waals surface area (Å²) in [5, 5.41) is 5.57. The first kappa shape index (κ1) is 20.7. The number of hydrogen-bond acceptors (Lipinski definition) is 6. The second kappa shape index (κ2) is 8.52. The van der Waals surface area contributed by atoms with E-state index >= 15 is 0 Å². The average Bonchev–Trinajstić information content (AvgIpc) is 3.26. The number of aromatic nitrogens is 2. The van der Waals surface area contributed by atoms with Gasteiger partial charge >= 0.3 is 0 Å².